The molecule has 0 fully saturated rings. The van der Waals surface area contributed by atoms with Gasteiger partial charge in [-0.1, -0.05) is 0 Å². The minimum Gasteiger partial charge on any atom is -0.266 e. The third-order valence-corrected chi connectivity index (χ3v) is 2.15. The van der Waals surface area contributed by atoms with E-state index in [2.05, 4.69) is 31.0 Å². The van der Waals surface area contributed by atoms with Crippen LogP contribution in [0.1, 0.15) is 0 Å². The van der Waals surface area contributed by atoms with Gasteiger partial charge in [0.25, 0.3) is 0 Å². The Morgan fingerprint density at radius 2 is 2.23 bits per heavy atom. The summed E-state index contributed by atoms with van der Waals surface area (Å²) < 4.78 is 2.55. The maximum absolute atomic E-state index is 4.14. The molecule has 2 heterocycles. The van der Waals surface area contributed by atoms with E-state index in [0.29, 0.717) is 0 Å². The van der Waals surface area contributed by atoms with Crippen LogP contribution in [-0.4, -0.2) is 19.7 Å². The predicted octanol–water partition coefficient (Wildman–Crippen LogP) is 1.64. The first-order valence-electron chi connectivity index (χ1n) is 3.73. The van der Waals surface area contributed by atoms with Crippen molar-refractivity contribution in [1.29, 1.82) is 0 Å². The fraction of sp³-hybridized carbons (Fsp3) is 0.125. The van der Waals surface area contributed by atoms with Crippen LogP contribution in [0.4, 0.5) is 0 Å². The molecule has 0 atom stereocenters. The molecule has 2 aromatic rings. The van der Waals surface area contributed by atoms with E-state index in [1.165, 1.54) is 6.33 Å². The molecule has 0 aliphatic carbocycles. The molecule has 2 aromatic heterocycles. The van der Waals surface area contributed by atoms with Gasteiger partial charge in [-0.2, -0.15) is 5.10 Å². The third kappa shape index (κ3) is 1.60. The van der Waals surface area contributed by atoms with Crippen molar-refractivity contribution < 1.29 is 0 Å². The van der Waals surface area contributed by atoms with E-state index < -0.39 is 0 Å². The van der Waals surface area contributed by atoms with Gasteiger partial charge in [-0.15, -0.1) is 0 Å². The number of hydrogen-bond donors (Lipinski definition) is 0. The molecule has 13 heavy (non-hydrogen) atoms. The first-order chi connectivity index (χ1) is 6.27. The predicted molar refractivity (Wildman–Crippen MR) is 51.9 cm³/mol. The zero-order valence-corrected chi connectivity index (χ0v) is 8.56. The number of nitrogens with zero attached hydrogens (tertiary/aromatic N) is 4. The molecule has 0 bridgehead atoms. The van der Waals surface area contributed by atoms with Crippen LogP contribution in [-0.2, 0) is 7.05 Å². The summed E-state index contributed by atoms with van der Waals surface area (Å²) in [5.41, 5.74) is 1.84. The van der Waals surface area contributed by atoms with Gasteiger partial charge in [0.2, 0.25) is 0 Å². The monoisotopic (exact) mass is 238 g/mol. The summed E-state index contributed by atoms with van der Waals surface area (Å²) in [5, 5.41) is 4.06. The minimum atomic E-state index is 0.777. The van der Waals surface area contributed by atoms with Crippen LogP contribution in [0.3, 0.4) is 0 Å². The van der Waals surface area contributed by atoms with Crippen LogP contribution in [0, 0.1) is 0 Å². The Hall–Kier alpha value is -1.23. The molecular formula is C8H7BrN4. The average molecular weight is 239 g/mol. The van der Waals surface area contributed by atoms with Gasteiger partial charge >= 0.3 is 0 Å². The molecule has 66 valence electrons. The molecule has 0 radical (unpaired) electrons. The van der Waals surface area contributed by atoms with Gasteiger partial charge in [0.15, 0.2) is 0 Å². The molecule has 0 aliphatic heterocycles. The van der Waals surface area contributed by atoms with Crippen LogP contribution < -0.4 is 0 Å². The summed E-state index contributed by atoms with van der Waals surface area (Å²) in [6.45, 7) is 0. The Kier molecular flexibility index (Phi) is 2.10. The van der Waals surface area contributed by atoms with Gasteiger partial charge in [-0.05, 0) is 28.1 Å². The number of hydrogen-bond acceptors (Lipinski definition) is 3. The van der Waals surface area contributed by atoms with Crippen molar-refractivity contribution in [3.05, 3.63) is 29.3 Å². The molecule has 2 rings (SSSR count). The molecule has 0 aromatic carbocycles. The maximum atomic E-state index is 4.14. The lowest BCUT2D eigenvalue weighted by Gasteiger charge is -1.99. The van der Waals surface area contributed by atoms with Crippen molar-refractivity contribution in [2.24, 2.45) is 7.05 Å². The van der Waals surface area contributed by atoms with Gasteiger partial charge in [0.1, 0.15) is 10.9 Å². The number of aromatic nitrogens is 4. The van der Waals surface area contributed by atoms with Gasteiger partial charge in [0, 0.05) is 13.2 Å². The van der Waals surface area contributed by atoms with Crippen molar-refractivity contribution in [3.63, 3.8) is 0 Å². The fourth-order valence-electron chi connectivity index (χ4n) is 1.10. The van der Waals surface area contributed by atoms with E-state index >= 15 is 0 Å². The molecule has 5 heteroatoms. The lowest BCUT2D eigenvalue weighted by Crippen LogP contribution is -1.95. The second-order valence-electron chi connectivity index (χ2n) is 2.57. The standard InChI is InChI=1S/C8H7BrN4/c1-13-7(2-3-12-13)6-4-8(9)11-5-10-6/h2-5H,1H3. The molecule has 0 aliphatic rings. The highest BCUT2D eigenvalue weighted by molar-refractivity contribution is 9.10. The second-order valence-corrected chi connectivity index (χ2v) is 3.38. The Labute approximate surface area is 83.8 Å². The van der Waals surface area contributed by atoms with E-state index in [4.69, 9.17) is 0 Å². The normalized spacial score (nSPS) is 10.3. The second kappa shape index (κ2) is 3.26. The average Bonchev–Trinajstić information content (AvgIpc) is 2.51. The number of halogens is 1. The molecule has 0 unspecified atom stereocenters. The maximum Gasteiger partial charge on any atom is 0.117 e. The first kappa shape index (κ1) is 8.37. The molecule has 0 saturated heterocycles. The van der Waals surface area contributed by atoms with Crippen molar-refractivity contribution in [3.8, 4) is 11.4 Å². The number of aryl methyl sites for hydroxylation is 1. The Morgan fingerprint density at radius 1 is 1.38 bits per heavy atom. The molecule has 0 saturated carbocycles. The van der Waals surface area contributed by atoms with Crippen molar-refractivity contribution in [2.45, 2.75) is 0 Å². The lowest BCUT2D eigenvalue weighted by atomic mass is 10.3. The highest BCUT2D eigenvalue weighted by atomic mass is 79.9. The lowest BCUT2D eigenvalue weighted by molar-refractivity contribution is 0.772. The topological polar surface area (TPSA) is 43.6 Å². The van der Waals surface area contributed by atoms with E-state index in [9.17, 15) is 0 Å². The van der Waals surface area contributed by atoms with Crippen molar-refractivity contribution >= 4 is 15.9 Å². The highest BCUT2D eigenvalue weighted by Crippen LogP contribution is 2.17. The van der Waals surface area contributed by atoms with E-state index in [-0.39, 0.29) is 0 Å². The zero-order valence-electron chi connectivity index (χ0n) is 6.98. The smallest absolute Gasteiger partial charge is 0.117 e. The Bertz CT molecular complexity index is 424. The van der Waals surface area contributed by atoms with Crippen LogP contribution in [0.15, 0.2) is 29.3 Å². The summed E-state index contributed by atoms with van der Waals surface area (Å²) in [4.78, 5) is 8.10. The Morgan fingerprint density at radius 3 is 2.85 bits per heavy atom. The minimum absolute atomic E-state index is 0.777. The summed E-state index contributed by atoms with van der Waals surface area (Å²) in [5.74, 6) is 0. The fourth-order valence-corrected chi connectivity index (χ4v) is 1.41. The molecule has 0 amide bonds. The van der Waals surface area contributed by atoms with Crippen LogP contribution in [0.2, 0.25) is 0 Å². The summed E-state index contributed by atoms with van der Waals surface area (Å²) in [7, 11) is 1.88. The largest absolute Gasteiger partial charge is 0.266 e. The van der Waals surface area contributed by atoms with E-state index in [1.54, 1.807) is 10.9 Å². The highest BCUT2D eigenvalue weighted by Gasteiger charge is 2.03. The van der Waals surface area contributed by atoms with Gasteiger partial charge < -0.3 is 0 Å². The summed E-state index contributed by atoms with van der Waals surface area (Å²) in [6.07, 6.45) is 3.26. The zero-order chi connectivity index (χ0) is 9.26. The first-order valence-corrected chi connectivity index (χ1v) is 4.52. The van der Waals surface area contributed by atoms with Gasteiger partial charge in [0.05, 0.1) is 11.4 Å². The van der Waals surface area contributed by atoms with Crippen LogP contribution >= 0.6 is 15.9 Å². The van der Waals surface area contributed by atoms with Gasteiger partial charge in [-0.3, -0.25) is 4.68 Å². The molecule has 4 nitrogen and oxygen atoms in total. The molecule has 0 N–H and O–H groups in total. The van der Waals surface area contributed by atoms with Crippen LogP contribution in [0.25, 0.3) is 11.4 Å². The van der Waals surface area contributed by atoms with E-state index in [0.717, 1.165) is 16.0 Å². The van der Waals surface area contributed by atoms with E-state index in [1.807, 2.05) is 19.2 Å². The molecule has 0 spiro atoms. The van der Waals surface area contributed by atoms with Crippen molar-refractivity contribution in [2.75, 3.05) is 0 Å². The summed E-state index contributed by atoms with van der Waals surface area (Å²) >= 11 is 3.29. The number of rotatable bonds is 1. The summed E-state index contributed by atoms with van der Waals surface area (Å²) in [6, 6.07) is 3.77. The van der Waals surface area contributed by atoms with Crippen molar-refractivity contribution in [1.82, 2.24) is 19.7 Å². The van der Waals surface area contributed by atoms with Gasteiger partial charge in [-0.25, -0.2) is 9.97 Å². The molecular weight excluding hydrogens is 232 g/mol. The Balaban J connectivity index is 2.53. The third-order valence-electron chi connectivity index (χ3n) is 1.72. The van der Waals surface area contributed by atoms with Crippen LogP contribution in [0.5, 0.6) is 0 Å². The SMILES string of the molecule is Cn1nccc1-c1cc(Br)ncn1. The quantitative estimate of drug-likeness (QED) is 0.710.